The monoisotopic (exact) mass is 235 g/mol. The molecule has 0 heterocycles. The lowest BCUT2D eigenvalue weighted by atomic mass is 10.1. The van der Waals surface area contributed by atoms with Crippen LogP contribution in [0.1, 0.15) is 13.8 Å². The number of ether oxygens (including phenoxy) is 2. The minimum Gasteiger partial charge on any atom is -0.383 e. The van der Waals surface area contributed by atoms with E-state index in [9.17, 15) is 0 Å². The lowest BCUT2D eigenvalue weighted by molar-refractivity contribution is 0.0684. The number of hydrogen-bond donors (Lipinski definition) is 1. The van der Waals surface area contributed by atoms with Crippen molar-refractivity contribution in [1.29, 1.82) is 0 Å². The van der Waals surface area contributed by atoms with E-state index in [2.05, 4.69) is 31.4 Å². The molecule has 0 aromatic heterocycles. The topological polar surface area (TPSA) is 21.7 Å². The van der Waals surface area contributed by atoms with Crippen LogP contribution in [0.15, 0.2) is 0 Å². The Bertz CT molecular complexity index is 147. The van der Waals surface area contributed by atoms with Gasteiger partial charge in [-0.3, -0.25) is 4.90 Å². The molecule has 2 atom stereocenters. The van der Waals surface area contributed by atoms with Gasteiger partial charge in [0.2, 0.25) is 0 Å². The number of thiol groups is 1. The zero-order valence-electron chi connectivity index (χ0n) is 10.4. The number of hydrogen-bond acceptors (Lipinski definition) is 4. The van der Waals surface area contributed by atoms with Gasteiger partial charge in [0.1, 0.15) is 0 Å². The van der Waals surface area contributed by atoms with Gasteiger partial charge in [0.15, 0.2) is 0 Å². The molecule has 0 saturated carbocycles. The summed E-state index contributed by atoms with van der Waals surface area (Å²) in [6.45, 7) is 7.95. The van der Waals surface area contributed by atoms with Gasteiger partial charge in [-0.15, -0.1) is 0 Å². The molecule has 4 heteroatoms. The van der Waals surface area contributed by atoms with E-state index in [0.717, 1.165) is 32.1 Å². The highest BCUT2D eigenvalue weighted by Crippen LogP contribution is 2.06. The molecule has 0 N–H and O–H groups in total. The minimum atomic E-state index is 0.437. The van der Waals surface area contributed by atoms with Crippen LogP contribution in [-0.4, -0.2) is 57.2 Å². The van der Waals surface area contributed by atoms with Crippen LogP contribution in [0, 0.1) is 5.92 Å². The van der Waals surface area contributed by atoms with Gasteiger partial charge in [0.05, 0.1) is 13.2 Å². The third-order valence-corrected chi connectivity index (χ3v) is 3.10. The number of rotatable bonds is 9. The first-order valence-electron chi connectivity index (χ1n) is 5.48. The SMILES string of the molecule is COCCN(CC(C)CS)C(C)COC. The van der Waals surface area contributed by atoms with Crippen LogP contribution >= 0.6 is 12.6 Å². The lowest BCUT2D eigenvalue weighted by Gasteiger charge is -2.30. The molecule has 0 rings (SSSR count). The molecule has 0 radical (unpaired) electrons. The smallest absolute Gasteiger partial charge is 0.0615 e. The maximum atomic E-state index is 5.18. The third-order valence-electron chi connectivity index (χ3n) is 2.47. The van der Waals surface area contributed by atoms with Crippen molar-refractivity contribution in [2.45, 2.75) is 19.9 Å². The maximum Gasteiger partial charge on any atom is 0.0615 e. The van der Waals surface area contributed by atoms with Gasteiger partial charge in [0, 0.05) is 33.4 Å². The summed E-state index contributed by atoms with van der Waals surface area (Å²) in [5, 5.41) is 0. The second-order valence-electron chi connectivity index (χ2n) is 4.08. The first-order chi connectivity index (χ1) is 7.15. The summed E-state index contributed by atoms with van der Waals surface area (Å²) in [5.41, 5.74) is 0. The first kappa shape index (κ1) is 15.2. The van der Waals surface area contributed by atoms with E-state index < -0.39 is 0 Å². The average molecular weight is 235 g/mol. The molecule has 0 aliphatic carbocycles. The van der Waals surface area contributed by atoms with Crippen molar-refractivity contribution in [2.75, 3.05) is 46.3 Å². The van der Waals surface area contributed by atoms with E-state index in [0.29, 0.717) is 12.0 Å². The molecule has 0 aromatic carbocycles. The molecule has 2 unspecified atom stereocenters. The van der Waals surface area contributed by atoms with Crippen molar-refractivity contribution in [1.82, 2.24) is 4.90 Å². The number of nitrogens with zero attached hydrogens (tertiary/aromatic N) is 1. The predicted octanol–water partition coefficient (Wildman–Crippen LogP) is 1.54. The Hall–Kier alpha value is 0.230. The zero-order valence-corrected chi connectivity index (χ0v) is 11.3. The lowest BCUT2D eigenvalue weighted by Crippen LogP contribution is -2.41. The van der Waals surface area contributed by atoms with E-state index in [1.165, 1.54) is 0 Å². The second kappa shape index (κ2) is 9.46. The van der Waals surface area contributed by atoms with Crippen LogP contribution < -0.4 is 0 Å². The predicted molar refractivity (Wildman–Crippen MR) is 67.8 cm³/mol. The minimum absolute atomic E-state index is 0.437. The van der Waals surface area contributed by atoms with Crippen LogP contribution in [0.5, 0.6) is 0 Å². The molecular formula is C11H25NO2S. The van der Waals surface area contributed by atoms with Crippen LogP contribution in [0.25, 0.3) is 0 Å². The van der Waals surface area contributed by atoms with Gasteiger partial charge in [-0.1, -0.05) is 6.92 Å². The van der Waals surface area contributed by atoms with Crippen LogP contribution in [0.3, 0.4) is 0 Å². The largest absolute Gasteiger partial charge is 0.383 e. The molecule has 0 saturated heterocycles. The molecule has 92 valence electrons. The standard InChI is InChI=1S/C11H25NO2S/c1-10(9-15)7-12(5-6-13-3)11(2)8-14-4/h10-11,15H,5-9H2,1-4H3. The molecule has 3 nitrogen and oxygen atoms in total. The summed E-state index contributed by atoms with van der Waals surface area (Å²) in [6.07, 6.45) is 0. The van der Waals surface area contributed by atoms with Gasteiger partial charge in [-0.2, -0.15) is 12.6 Å². The Morgan fingerprint density at radius 3 is 2.33 bits per heavy atom. The van der Waals surface area contributed by atoms with Gasteiger partial charge in [-0.25, -0.2) is 0 Å². The Kier molecular flexibility index (Phi) is 9.60. The highest BCUT2D eigenvalue weighted by Gasteiger charge is 2.15. The van der Waals surface area contributed by atoms with Crippen molar-refractivity contribution >= 4 is 12.6 Å². The third kappa shape index (κ3) is 7.17. The van der Waals surface area contributed by atoms with Crippen molar-refractivity contribution < 1.29 is 9.47 Å². The highest BCUT2D eigenvalue weighted by molar-refractivity contribution is 7.80. The normalized spacial score (nSPS) is 15.6. The van der Waals surface area contributed by atoms with Crippen LogP contribution in [0.4, 0.5) is 0 Å². The van der Waals surface area contributed by atoms with Gasteiger partial charge in [0.25, 0.3) is 0 Å². The molecule has 0 spiro atoms. The highest BCUT2D eigenvalue weighted by atomic mass is 32.1. The van der Waals surface area contributed by atoms with E-state index in [1.807, 2.05) is 0 Å². The van der Waals surface area contributed by atoms with Crippen molar-refractivity contribution in [3.63, 3.8) is 0 Å². The maximum absolute atomic E-state index is 5.18. The summed E-state index contributed by atoms with van der Waals surface area (Å²) >= 11 is 4.31. The molecule has 0 aliphatic rings. The molecule has 0 amide bonds. The van der Waals surface area contributed by atoms with Crippen LogP contribution in [0.2, 0.25) is 0 Å². The van der Waals surface area contributed by atoms with Gasteiger partial charge in [-0.05, 0) is 18.6 Å². The van der Waals surface area contributed by atoms with Gasteiger partial charge >= 0.3 is 0 Å². The summed E-state index contributed by atoms with van der Waals surface area (Å²) in [6, 6.07) is 0.437. The summed E-state index contributed by atoms with van der Waals surface area (Å²) < 4.78 is 10.3. The Morgan fingerprint density at radius 1 is 1.20 bits per heavy atom. The summed E-state index contributed by atoms with van der Waals surface area (Å²) in [4.78, 5) is 2.40. The fourth-order valence-corrected chi connectivity index (χ4v) is 1.62. The molecular weight excluding hydrogens is 210 g/mol. The van der Waals surface area contributed by atoms with E-state index in [1.54, 1.807) is 14.2 Å². The molecule has 0 aromatic rings. The quantitative estimate of drug-likeness (QED) is 0.613. The summed E-state index contributed by atoms with van der Waals surface area (Å²) in [5.74, 6) is 1.52. The van der Waals surface area contributed by atoms with Gasteiger partial charge < -0.3 is 9.47 Å². The Morgan fingerprint density at radius 2 is 1.87 bits per heavy atom. The summed E-state index contributed by atoms with van der Waals surface area (Å²) in [7, 11) is 3.48. The van der Waals surface area contributed by atoms with Crippen molar-refractivity contribution in [3.05, 3.63) is 0 Å². The van der Waals surface area contributed by atoms with E-state index in [-0.39, 0.29) is 0 Å². The first-order valence-corrected chi connectivity index (χ1v) is 6.11. The molecule has 0 fully saturated rings. The Labute approximate surface area is 99.5 Å². The van der Waals surface area contributed by atoms with E-state index >= 15 is 0 Å². The Balaban J connectivity index is 4.03. The van der Waals surface area contributed by atoms with Crippen molar-refractivity contribution in [3.8, 4) is 0 Å². The van der Waals surface area contributed by atoms with Crippen molar-refractivity contribution in [2.24, 2.45) is 5.92 Å². The van der Waals surface area contributed by atoms with E-state index in [4.69, 9.17) is 9.47 Å². The molecule has 0 aliphatic heterocycles. The molecule has 0 bridgehead atoms. The average Bonchev–Trinajstić information content (AvgIpc) is 2.24. The fourth-order valence-electron chi connectivity index (χ4n) is 1.50. The number of methoxy groups -OCH3 is 2. The zero-order chi connectivity index (χ0) is 11.7. The fraction of sp³-hybridized carbons (Fsp3) is 1.00. The van der Waals surface area contributed by atoms with Crippen LogP contribution in [-0.2, 0) is 9.47 Å². The molecule has 15 heavy (non-hydrogen) atoms. The second-order valence-corrected chi connectivity index (χ2v) is 4.44.